The minimum absolute atomic E-state index is 0.0210. The fraction of sp³-hybridized carbons (Fsp3) is 0.375. The highest BCUT2D eigenvalue weighted by molar-refractivity contribution is 7.99. The molecule has 3 aromatic rings. The molecule has 0 bridgehead atoms. The van der Waals surface area contributed by atoms with Crippen molar-refractivity contribution in [3.63, 3.8) is 0 Å². The van der Waals surface area contributed by atoms with Gasteiger partial charge in [-0.15, -0.1) is 11.8 Å². The van der Waals surface area contributed by atoms with E-state index in [4.69, 9.17) is 18.9 Å². The summed E-state index contributed by atoms with van der Waals surface area (Å²) < 4.78 is 21.9. The number of nitrogens with zero attached hydrogens (tertiary/aromatic N) is 2. The molecule has 0 spiro atoms. The predicted octanol–water partition coefficient (Wildman–Crippen LogP) is 5.39. The molecule has 1 heterocycles. The SMILES string of the molecule is COc1ccc([C@H]2Sc3ccccc3N(CC(C)N(C)CCc3ccc(OC)c(OC)c3)C(=O)[C@H]2OC(C)=O)cc1. The van der Waals surface area contributed by atoms with Gasteiger partial charge in [0.15, 0.2) is 17.6 Å². The number of fused-ring (bicyclic) bond motifs is 1. The van der Waals surface area contributed by atoms with E-state index in [1.807, 2.05) is 66.7 Å². The van der Waals surface area contributed by atoms with Gasteiger partial charge < -0.3 is 28.7 Å². The molecule has 0 fully saturated rings. The van der Waals surface area contributed by atoms with Crippen LogP contribution in [0.4, 0.5) is 5.69 Å². The first kappa shape index (κ1) is 30.3. The first-order valence-electron chi connectivity index (χ1n) is 13.5. The lowest BCUT2D eigenvalue weighted by Crippen LogP contribution is -2.48. The lowest BCUT2D eigenvalue weighted by Gasteiger charge is -2.33. The molecule has 218 valence electrons. The fourth-order valence-electron chi connectivity index (χ4n) is 4.86. The molecule has 3 atom stereocenters. The Kier molecular flexibility index (Phi) is 10.2. The van der Waals surface area contributed by atoms with Gasteiger partial charge in [0.05, 0.1) is 32.3 Å². The van der Waals surface area contributed by atoms with Crippen LogP contribution >= 0.6 is 11.8 Å². The molecular formula is C32H38N2O6S. The number of amides is 1. The minimum Gasteiger partial charge on any atom is -0.497 e. The molecule has 1 unspecified atom stereocenters. The number of carbonyl (C=O) groups excluding carboxylic acids is 2. The van der Waals surface area contributed by atoms with Crippen LogP contribution in [0.5, 0.6) is 17.2 Å². The average Bonchev–Trinajstić information content (AvgIpc) is 3.10. The second kappa shape index (κ2) is 13.8. The van der Waals surface area contributed by atoms with Crippen LogP contribution in [-0.2, 0) is 20.7 Å². The summed E-state index contributed by atoms with van der Waals surface area (Å²) >= 11 is 1.54. The van der Waals surface area contributed by atoms with Crippen LogP contribution in [0.2, 0.25) is 0 Å². The largest absolute Gasteiger partial charge is 0.497 e. The summed E-state index contributed by atoms with van der Waals surface area (Å²) in [5.74, 6) is 1.39. The summed E-state index contributed by atoms with van der Waals surface area (Å²) in [6.45, 7) is 4.66. The zero-order chi connectivity index (χ0) is 29.5. The van der Waals surface area contributed by atoms with Crippen LogP contribution in [0.1, 0.15) is 30.2 Å². The summed E-state index contributed by atoms with van der Waals surface area (Å²) in [5, 5.41) is -0.415. The molecule has 3 aromatic carbocycles. The molecule has 0 saturated heterocycles. The summed E-state index contributed by atoms with van der Waals surface area (Å²) in [7, 11) is 6.92. The van der Waals surface area contributed by atoms with Crippen molar-refractivity contribution in [1.29, 1.82) is 0 Å². The van der Waals surface area contributed by atoms with Crippen LogP contribution in [-0.4, -0.2) is 70.4 Å². The quantitative estimate of drug-likeness (QED) is 0.281. The van der Waals surface area contributed by atoms with Gasteiger partial charge in [0.2, 0.25) is 0 Å². The van der Waals surface area contributed by atoms with Crippen molar-refractivity contribution >= 4 is 29.3 Å². The number of ether oxygens (including phenoxy) is 4. The number of anilines is 1. The Morgan fingerprint density at radius 2 is 1.68 bits per heavy atom. The number of para-hydroxylation sites is 1. The Labute approximate surface area is 246 Å². The van der Waals surface area contributed by atoms with Gasteiger partial charge in [-0.25, -0.2) is 0 Å². The Bertz CT molecular complexity index is 1350. The third-order valence-electron chi connectivity index (χ3n) is 7.33. The van der Waals surface area contributed by atoms with Crippen molar-refractivity contribution in [3.05, 3.63) is 77.9 Å². The number of hydrogen-bond acceptors (Lipinski definition) is 8. The number of hydrogen-bond donors (Lipinski definition) is 0. The molecule has 0 N–H and O–H groups in total. The Morgan fingerprint density at radius 1 is 0.976 bits per heavy atom. The first-order valence-corrected chi connectivity index (χ1v) is 14.4. The summed E-state index contributed by atoms with van der Waals surface area (Å²) in [6.07, 6.45) is -0.181. The first-order chi connectivity index (χ1) is 19.7. The third-order valence-corrected chi connectivity index (χ3v) is 8.70. The Balaban J connectivity index is 1.57. The third kappa shape index (κ3) is 7.15. The zero-order valence-corrected chi connectivity index (χ0v) is 25.3. The van der Waals surface area contributed by atoms with E-state index in [9.17, 15) is 9.59 Å². The number of likely N-dealkylation sites (N-methyl/N-ethyl adjacent to an activating group) is 1. The number of esters is 1. The summed E-state index contributed by atoms with van der Waals surface area (Å²) in [4.78, 5) is 31.4. The molecule has 8 nitrogen and oxygen atoms in total. The van der Waals surface area contributed by atoms with Crippen LogP contribution < -0.4 is 19.1 Å². The predicted molar refractivity (Wildman–Crippen MR) is 161 cm³/mol. The highest BCUT2D eigenvalue weighted by Crippen LogP contribution is 2.47. The van der Waals surface area contributed by atoms with E-state index in [0.29, 0.717) is 18.0 Å². The van der Waals surface area contributed by atoms with Gasteiger partial charge in [0, 0.05) is 31.0 Å². The fourth-order valence-corrected chi connectivity index (χ4v) is 6.18. The molecule has 4 rings (SSSR count). The van der Waals surface area contributed by atoms with E-state index in [1.54, 1.807) is 26.2 Å². The van der Waals surface area contributed by atoms with Crippen molar-refractivity contribution < 1.29 is 28.5 Å². The molecule has 0 aromatic heterocycles. The van der Waals surface area contributed by atoms with E-state index in [2.05, 4.69) is 18.9 Å². The molecule has 0 aliphatic carbocycles. The van der Waals surface area contributed by atoms with Crippen LogP contribution in [0, 0.1) is 0 Å². The number of benzene rings is 3. The normalized spacial score (nSPS) is 17.4. The summed E-state index contributed by atoms with van der Waals surface area (Å²) in [5.41, 5.74) is 2.83. The smallest absolute Gasteiger partial charge is 0.303 e. The van der Waals surface area contributed by atoms with Gasteiger partial charge in [0.25, 0.3) is 5.91 Å². The topological polar surface area (TPSA) is 77.5 Å². The summed E-state index contributed by atoms with van der Waals surface area (Å²) in [6, 6.07) is 21.4. The zero-order valence-electron chi connectivity index (χ0n) is 24.5. The van der Waals surface area contributed by atoms with Gasteiger partial charge >= 0.3 is 5.97 Å². The molecule has 0 saturated carbocycles. The molecule has 1 amide bonds. The van der Waals surface area contributed by atoms with Gasteiger partial charge in [-0.2, -0.15) is 0 Å². The van der Waals surface area contributed by atoms with Crippen molar-refractivity contribution in [2.75, 3.05) is 46.4 Å². The highest BCUT2D eigenvalue weighted by Gasteiger charge is 2.41. The lowest BCUT2D eigenvalue weighted by atomic mass is 10.0. The highest BCUT2D eigenvalue weighted by atomic mass is 32.2. The molecule has 1 aliphatic rings. The average molecular weight is 579 g/mol. The number of carbonyl (C=O) groups is 2. The van der Waals surface area contributed by atoms with Crippen molar-refractivity contribution in [2.45, 2.75) is 42.6 Å². The second-order valence-corrected chi connectivity index (χ2v) is 11.2. The molecule has 1 aliphatic heterocycles. The van der Waals surface area contributed by atoms with Crippen LogP contribution in [0.15, 0.2) is 71.6 Å². The van der Waals surface area contributed by atoms with Gasteiger partial charge in [-0.1, -0.05) is 30.3 Å². The van der Waals surface area contributed by atoms with Gasteiger partial charge in [-0.05, 0) is 67.9 Å². The Hall–Kier alpha value is -3.69. The maximum atomic E-state index is 14.2. The maximum absolute atomic E-state index is 14.2. The lowest BCUT2D eigenvalue weighted by molar-refractivity contribution is -0.152. The minimum atomic E-state index is -0.984. The molecular weight excluding hydrogens is 540 g/mol. The second-order valence-electron chi connectivity index (χ2n) is 10.0. The van der Waals surface area contributed by atoms with E-state index in [0.717, 1.165) is 40.4 Å². The van der Waals surface area contributed by atoms with Gasteiger partial charge in [-0.3, -0.25) is 9.59 Å². The van der Waals surface area contributed by atoms with E-state index < -0.39 is 17.3 Å². The molecule has 9 heteroatoms. The number of rotatable bonds is 11. The monoisotopic (exact) mass is 578 g/mol. The van der Waals surface area contributed by atoms with Crippen molar-refractivity contribution in [1.82, 2.24) is 4.90 Å². The van der Waals surface area contributed by atoms with E-state index >= 15 is 0 Å². The molecule has 0 radical (unpaired) electrons. The van der Waals surface area contributed by atoms with E-state index in [1.165, 1.54) is 18.7 Å². The van der Waals surface area contributed by atoms with Crippen molar-refractivity contribution in [2.24, 2.45) is 0 Å². The number of thioether (sulfide) groups is 1. The Morgan fingerprint density at radius 3 is 2.34 bits per heavy atom. The van der Waals surface area contributed by atoms with Crippen LogP contribution in [0.3, 0.4) is 0 Å². The van der Waals surface area contributed by atoms with Gasteiger partial charge in [0.1, 0.15) is 5.75 Å². The number of methoxy groups -OCH3 is 3. The van der Waals surface area contributed by atoms with Crippen LogP contribution in [0.25, 0.3) is 0 Å². The van der Waals surface area contributed by atoms with Crippen molar-refractivity contribution in [3.8, 4) is 17.2 Å². The maximum Gasteiger partial charge on any atom is 0.303 e. The van der Waals surface area contributed by atoms with E-state index in [-0.39, 0.29) is 11.9 Å². The standard InChI is InChI=1S/C32H38N2O6S/c1-21(33(3)18-17-23-11-16-27(38-5)28(19-23)39-6)20-34-26-9-7-8-10-29(26)41-31(30(32(34)36)40-22(2)35)24-12-14-25(37-4)15-13-24/h7-16,19,21,30-31H,17-18,20H2,1-6H3/t21?,30-,31+/m0/s1. The molecule has 41 heavy (non-hydrogen) atoms.